The van der Waals surface area contributed by atoms with Crippen LogP contribution in [0.5, 0.6) is 5.75 Å². The van der Waals surface area contributed by atoms with Crippen LogP contribution in [-0.4, -0.2) is 28.9 Å². The molecule has 1 N–H and O–H groups in total. The lowest BCUT2D eigenvalue weighted by Gasteiger charge is -2.44. The van der Waals surface area contributed by atoms with E-state index in [-0.39, 0.29) is 17.2 Å². The van der Waals surface area contributed by atoms with E-state index in [4.69, 9.17) is 18.0 Å². The molecule has 0 aliphatic heterocycles. The fourth-order valence-electron chi connectivity index (χ4n) is 3.84. The minimum Gasteiger partial charge on any atom is -0.479 e. The minimum absolute atomic E-state index is 0.0305. The van der Waals surface area contributed by atoms with Gasteiger partial charge in [-0.05, 0) is 56.2 Å². The maximum atomic E-state index is 12.7. The molecule has 1 atom stereocenters. The summed E-state index contributed by atoms with van der Waals surface area (Å²) in [4.78, 5) is 26.0. The zero-order valence-corrected chi connectivity index (χ0v) is 16.7. The van der Waals surface area contributed by atoms with Gasteiger partial charge in [0, 0.05) is 0 Å². The third kappa shape index (κ3) is 4.78. The Bertz CT molecular complexity index is 843. The van der Waals surface area contributed by atoms with Crippen LogP contribution >= 0.6 is 11.6 Å². The molecule has 0 radical (unpaired) electrons. The van der Waals surface area contributed by atoms with Gasteiger partial charge in [-0.15, -0.1) is 19.6 Å². The maximum absolute atomic E-state index is 12.7. The summed E-state index contributed by atoms with van der Waals surface area (Å²) >= 11 is 5.95. The molecule has 1 aromatic rings. The molecule has 0 heterocycles. The molecule has 1 aromatic carbocycles. The number of hydrogen-bond acceptors (Lipinski definition) is 3. The van der Waals surface area contributed by atoms with Crippen molar-refractivity contribution in [1.29, 1.82) is 0 Å². The number of aliphatic carboxylic acids is 1. The first-order chi connectivity index (χ1) is 13.4. The number of alkyl halides is 3. The van der Waals surface area contributed by atoms with Crippen LogP contribution in [0.15, 0.2) is 12.1 Å². The lowest BCUT2D eigenvalue weighted by atomic mass is 9.74. The Morgan fingerprint density at radius 3 is 2.34 bits per heavy atom. The predicted molar refractivity (Wildman–Crippen MR) is 102 cm³/mol. The second-order valence-corrected chi connectivity index (χ2v) is 7.60. The molecular formula is C20H21ClF3NO4. The molecule has 29 heavy (non-hydrogen) atoms. The highest BCUT2D eigenvalue weighted by Gasteiger charge is 2.50. The number of benzene rings is 1. The minimum atomic E-state index is -4.95. The van der Waals surface area contributed by atoms with Crippen LogP contribution < -0.4 is 9.64 Å². The van der Waals surface area contributed by atoms with Gasteiger partial charge in [-0.3, -0.25) is 9.69 Å². The zero-order valence-electron chi connectivity index (χ0n) is 16.0. The molecule has 1 aliphatic carbocycles. The Hall–Kier alpha value is -2.40. The van der Waals surface area contributed by atoms with Crippen LogP contribution in [0.3, 0.4) is 0 Å². The summed E-state index contributed by atoms with van der Waals surface area (Å²) in [5.41, 5.74) is -1.49. The van der Waals surface area contributed by atoms with Crippen LogP contribution in [-0.2, 0) is 9.59 Å². The molecule has 0 aromatic heterocycles. The Balaban J connectivity index is 2.63. The van der Waals surface area contributed by atoms with Gasteiger partial charge in [0.05, 0.1) is 10.7 Å². The largest absolute Gasteiger partial charge is 0.573 e. The molecule has 1 unspecified atom stereocenters. The van der Waals surface area contributed by atoms with E-state index >= 15 is 0 Å². The molecule has 0 bridgehead atoms. The fourth-order valence-corrected chi connectivity index (χ4v) is 4.04. The SMILES string of the molecule is C#CC(=O)N(c1cc(Cl)c(OC(F)(F)F)cc1C)C(C)(C(=O)O)C1CCCCC1. The lowest BCUT2D eigenvalue weighted by Crippen LogP contribution is -2.60. The smallest absolute Gasteiger partial charge is 0.479 e. The molecule has 2 rings (SSSR count). The second-order valence-electron chi connectivity index (χ2n) is 7.19. The highest BCUT2D eigenvalue weighted by Crippen LogP contribution is 2.43. The summed E-state index contributed by atoms with van der Waals surface area (Å²) in [5.74, 6) is -1.26. The summed E-state index contributed by atoms with van der Waals surface area (Å²) in [6.07, 6.45) is 4.09. The Kier molecular flexibility index (Phi) is 6.74. The van der Waals surface area contributed by atoms with Crippen molar-refractivity contribution in [2.24, 2.45) is 5.92 Å². The first-order valence-electron chi connectivity index (χ1n) is 9.02. The Morgan fingerprint density at radius 1 is 1.28 bits per heavy atom. The van der Waals surface area contributed by atoms with Crippen LogP contribution in [0, 0.1) is 25.2 Å². The number of carboxylic acids is 1. The van der Waals surface area contributed by atoms with Crippen molar-refractivity contribution < 1.29 is 32.6 Å². The number of carbonyl (C=O) groups excluding carboxylic acids is 1. The van der Waals surface area contributed by atoms with Gasteiger partial charge < -0.3 is 9.84 Å². The summed E-state index contributed by atoms with van der Waals surface area (Å²) in [5, 5.41) is 9.64. The van der Waals surface area contributed by atoms with E-state index in [1.54, 1.807) is 0 Å². The fraction of sp³-hybridized carbons (Fsp3) is 0.500. The predicted octanol–water partition coefficient (Wildman–Crippen LogP) is 4.94. The van der Waals surface area contributed by atoms with Gasteiger partial charge >= 0.3 is 18.2 Å². The zero-order chi connectivity index (χ0) is 22.0. The number of ether oxygens (including phenoxy) is 1. The standard InChI is InChI=1S/C20H21ClF3NO4/c1-4-17(26)25(19(3,18(27)28)13-8-6-5-7-9-13)15-11-14(21)16(10-12(15)2)29-20(22,23)24/h1,10-11,13H,5-9H2,2-3H3,(H,27,28). The first-order valence-corrected chi connectivity index (χ1v) is 9.39. The molecular weight excluding hydrogens is 411 g/mol. The van der Waals surface area contributed by atoms with E-state index in [1.165, 1.54) is 13.8 Å². The van der Waals surface area contributed by atoms with Crippen molar-refractivity contribution in [2.45, 2.75) is 57.9 Å². The van der Waals surface area contributed by atoms with Gasteiger partial charge in [-0.25, -0.2) is 4.79 Å². The number of carboxylic acid groups (broad SMARTS) is 1. The number of anilines is 1. The van der Waals surface area contributed by atoms with Crippen molar-refractivity contribution in [2.75, 3.05) is 4.90 Å². The number of halogens is 4. The third-order valence-electron chi connectivity index (χ3n) is 5.34. The van der Waals surface area contributed by atoms with Crippen molar-refractivity contribution in [1.82, 2.24) is 0 Å². The lowest BCUT2D eigenvalue weighted by molar-refractivity contribution is -0.274. The van der Waals surface area contributed by atoms with E-state index in [0.717, 1.165) is 36.3 Å². The molecule has 1 fully saturated rings. The molecule has 1 aliphatic rings. The van der Waals surface area contributed by atoms with E-state index in [2.05, 4.69) is 4.74 Å². The van der Waals surface area contributed by atoms with E-state index < -0.39 is 34.5 Å². The molecule has 0 spiro atoms. The normalized spacial score (nSPS) is 17.1. The van der Waals surface area contributed by atoms with Crippen molar-refractivity contribution in [3.05, 3.63) is 22.7 Å². The van der Waals surface area contributed by atoms with Gasteiger partial charge in [0.15, 0.2) is 0 Å². The number of nitrogens with zero attached hydrogens (tertiary/aromatic N) is 1. The van der Waals surface area contributed by atoms with Crippen molar-refractivity contribution >= 4 is 29.2 Å². The average molecular weight is 432 g/mol. The first kappa shape index (κ1) is 22.9. The van der Waals surface area contributed by atoms with E-state index in [1.807, 2.05) is 5.92 Å². The van der Waals surface area contributed by atoms with Crippen LogP contribution in [0.25, 0.3) is 0 Å². The second kappa shape index (κ2) is 8.54. The van der Waals surface area contributed by atoms with E-state index in [9.17, 15) is 27.9 Å². The molecule has 0 saturated heterocycles. The van der Waals surface area contributed by atoms with Crippen molar-refractivity contribution in [3.63, 3.8) is 0 Å². The van der Waals surface area contributed by atoms with Gasteiger partial charge in [-0.1, -0.05) is 30.9 Å². The van der Waals surface area contributed by atoms with Crippen LogP contribution in [0.2, 0.25) is 5.02 Å². The van der Waals surface area contributed by atoms with Gasteiger partial charge in [-0.2, -0.15) is 0 Å². The summed E-state index contributed by atoms with van der Waals surface area (Å²) in [6, 6.07) is 2.09. The topological polar surface area (TPSA) is 66.8 Å². The number of rotatable bonds is 5. The molecule has 5 nitrogen and oxygen atoms in total. The Morgan fingerprint density at radius 2 is 1.86 bits per heavy atom. The summed E-state index contributed by atoms with van der Waals surface area (Å²) in [6.45, 7) is 2.84. The summed E-state index contributed by atoms with van der Waals surface area (Å²) in [7, 11) is 0. The molecule has 1 saturated carbocycles. The number of carbonyl (C=O) groups is 2. The van der Waals surface area contributed by atoms with Gasteiger partial charge in [0.25, 0.3) is 0 Å². The number of hydrogen-bond donors (Lipinski definition) is 1. The van der Waals surface area contributed by atoms with Crippen molar-refractivity contribution in [3.8, 4) is 18.1 Å². The highest BCUT2D eigenvalue weighted by molar-refractivity contribution is 6.32. The van der Waals surface area contributed by atoms with Crippen LogP contribution in [0.1, 0.15) is 44.6 Å². The third-order valence-corrected chi connectivity index (χ3v) is 5.64. The summed E-state index contributed by atoms with van der Waals surface area (Å²) < 4.78 is 41.6. The van der Waals surface area contributed by atoms with Crippen LogP contribution in [0.4, 0.5) is 18.9 Å². The Labute approximate surface area is 171 Å². The average Bonchev–Trinajstić information content (AvgIpc) is 2.64. The molecule has 1 amide bonds. The number of amides is 1. The quantitative estimate of drug-likeness (QED) is 0.671. The monoisotopic (exact) mass is 431 g/mol. The molecule has 9 heteroatoms. The van der Waals surface area contributed by atoms with Gasteiger partial charge in [0.1, 0.15) is 11.3 Å². The van der Waals surface area contributed by atoms with Gasteiger partial charge in [0.2, 0.25) is 0 Å². The number of aryl methyl sites for hydroxylation is 1. The highest BCUT2D eigenvalue weighted by atomic mass is 35.5. The number of terminal acetylenes is 1. The molecule has 158 valence electrons. The van der Waals surface area contributed by atoms with E-state index in [0.29, 0.717) is 12.8 Å². The maximum Gasteiger partial charge on any atom is 0.573 e.